The molecule has 1 aliphatic rings. The molecule has 1 amide bonds. The molecule has 4 rings (SSSR count). The number of aromatic nitrogens is 1. The van der Waals surface area contributed by atoms with E-state index in [2.05, 4.69) is 10.3 Å². The van der Waals surface area contributed by atoms with Crippen molar-refractivity contribution in [2.45, 2.75) is 24.7 Å². The molecule has 1 saturated heterocycles. The average Bonchev–Trinajstić information content (AvgIpc) is 3.14. The van der Waals surface area contributed by atoms with Gasteiger partial charge in [-0.1, -0.05) is 23.5 Å². The number of rotatable bonds is 5. The van der Waals surface area contributed by atoms with Crippen LogP contribution in [0.3, 0.4) is 0 Å². The van der Waals surface area contributed by atoms with Crippen LogP contribution >= 0.6 is 11.3 Å². The van der Waals surface area contributed by atoms with Crippen LogP contribution in [0, 0.1) is 17.6 Å². The van der Waals surface area contributed by atoms with Crippen LogP contribution in [0.25, 0.3) is 10.2 Å². The number of piperidine rings is 1. The largest absolute Gasteiger partial charge is 0.302 e. The molecule has 3 aromatic rings. The highest BCUT2D eigenvalue weighted by atomic mass is 32.2. The molecule has 1 aliphatic heterocycles. The van der Waals surface area contributed by atoms with Gasteiger partial charge in [0.15, 0.2) is 22.5 Å². The number of anilines is 1. The lowest BCUT2D eigenvalue weighted by Gasteiger charge is -2.30. The maximum absolute atomic E-state index is 13.4. The molecule has 1 aromatic heterocycles. The number of halogens is 2. The van der Waals surface area contributed by atoms with Crippen LogP contribution in [0.2, 0.25) is 0 Å². The fourth-order valence-corrected chi connectivity index (χ4v) is 5.96. The summed E-state index contributed by atoms with van der Waals surface area (Å²) in [7, 11) is -3.78. The van der Waals surface area contributed by atoms with Gasteiger partial charge in [0.25, 0.3) is 0 Å². The highest BCUT2D eigenvalue weighted by Gasteiger charge is 2.32. The van der Waals surface area contributed by atoms with Crippen LogP contribution in [-0.4, -0.2) is 42.5 Å². The summed E-state index contributed by atoms with van der Waals surface area (Å²) in [4.78, 5) is 28.3. The lowest BCUT2D eigenvalue weighted by atomic mass is 9.97. The Hall–Kier alpha value is -2.76. The fourth-order valence-electron chi connectivity index (χ4n) is 3.57. The Bertz CT molecular complexity index is 1280. The summed E-state index contributed by atoms with van der Waals surface area (Å²) in [6.07, 6.45) is 0.622. The highest BCUT2D eigenvalue weighted by Crippen LogP contribution is 2.30. The van der Waals surface area contributed by atoms with Crippen molar-refractivity contribution in [1.82, 2.24) is 9.29 Å². The van der Waals surface area contributed by atoms with E-state index in [0.29, 0.717) is 23.1 Å². The molecule has 0 aliphatic carbocycles. The topological polar surface area (TPSA) is 96.4 Å². The van der Waals surface area contributed by atoms with E-state index in [1.54, 1.807) is 6.07 Å². The van der Waals surface area contributed by atoms with Gasteiger partial charge in [0.2, 0.25) is 15.9 Å². The Labute approximate surface area is 187 Å². The van der Waals surface area contributed by atoms with E-state index in [1.807, 2.05) is 0 Å². The van der Waals surface area contributed by atoms with E-state index in [0.717, 1.165) is 23.5 Å². The summed E-state index contributed by atoms with van der Waals surface area (Å²) < 4.78 is 54.3. The second-order valence-corrected chi connectivity index (χ2v) is 10.5. The third-order valence-corrected chi connectivity index (χ3v) is 8.19. The van der Waals surface area contributed by atoms with E-state index in [1.165, 1.54) is 29.4 Å². The second-order valence-electron chi connectivity index (χ2n) is 7.50. The van der Waals surface area contributed by atoms with Crippen LogP contribution in [0.1, 0.15) is 30.1 Å². The van der Waals surface area contributed by atoms with Crippen molar-refractivity contribution in [3.05, 3.63) is 53.6 Å². The van der Waals surface area contributed by atoms with Crippen molar-refractivity contribution in [2.75, 3.05) is 18.4 Å². The van der Waals surface area contributed by atoms with Crippen molar-refractivity contribution >= 4 is 48.4 Å². The number of carbonyl (C=O) groups excluding carboxylic acids is 2. The number of benzene rings is 2. The number of carbonyl (C=O) groups is 2. The molecule has 32 heavy (non-hydrogen) atoms. The molecule has 7 nitrogen and oxygen atoms in total. The number of Topliss-reactive ketones (excluding diaryl/α,β-unsaturated/α-hetero) is 1. The summed E-state index contributed by atoms with van der Waals surface area (Å²) in [5.41, 5.74) is 0.564. The van der Waals surface area contributed by atoms with Crippen molar-refractivity contribution < 1.29 is 26.8 Å². The zero-order valence-electron chi connectivity index (χ0n) is 17.0. The Balaban J connectivity index is 1.41. The van der Waals surface area contributed by atoms with Crippen LogP contribution in [0.15, 0.2) is 41.3 Å². The van der Waals surface area contributed by atoms with Crippen molar-refractivity contribution in [3.8, 4) is 0 Å². The number of amides is 1. The lowest BCUT2D eigenvalue weighted by molar-refractivity contribution is -0.120. The highest BCUT2D eigenvalue weighted by molar-refractivity contribution is 7.89. The fraction of sp³-hybridized carbons (Fsp3) is 0.286. The van der Waals surface area contributed by atoms with Gasteiger partial charge in [-0.05, 0) is 38.0 Å². The molecule has 168 valence electrons. The Morgan fingerprint density at radius 3 is 2.50 bits per heavy atom. The number of nitrogens with one attached hydrogen (secondary N) is 1. The van der Waals surface area contributed by atoms with Crippen LogP contribution < -0.4 is 5.32 Å². The Kier molecular flexibility index (Phi) is 6.06. The molecule has 1 N–H and O–H groups in total. The quantitative estimate of drug-likeness (QED) is 0.562. The number of fused-ring (bicyclic) bond motifs is 1. The molecule has 2 aromatic carbocycles. The van der Waals surface area contributed by atoms with Crippen molar-refractivity contribution in [1.29, 1.82) is 0 Å². The smallest absolute Gasteiger partial charge is 0.243 e. The van der Waals surface area contributed by atoms with E-state index in [9.17, 15) is 26.8 Å². The predicted molar refractivity (Wildman–Crippen MR) is 116 cm³/mol. The van der Waals surface area contributed by atoms with Crippen molar-refractivity contribution in [3.63, 3.8) is 0 Å². The normalized spacial score (nSPS) is 15.7. The van der Waals surface area contributed by atoms with Gasteiger partial charge in [-0.3, -0.25) is 9.59 Å². The van der Waals surface area contributed by atoms with E-state index < -0.39 is 27.6 Å². The van der Waals surface area contributed by atoms with Gasteiger partial charge in [-0.25, -0.2) is 22.2 Å². The minimum Gasteiger partial charge on any atom is -0.302 e. The van der Waals surface area contributed by atoms with Crippen LogP contribution in [0.5, 0.6) is 0 Å². The number of ketones is 1. The molecule has 0 saturated carbocycles. The van der Waals surface area contributed by atoms with E-state index in [-0.39, 0.29) is 40.3 Å². The van der Waals surface area contributed by atoms with E-state index >= 15 is 0 Å². The minimum absolute atomic E-state index is 0.0436. The summed E-state index contributed by atoms with van der Waals surface area (Å²) in [6.45, 7) is 1.68. The van der Waals surface area contributed by atoms with Gasteiger partial charge in [-0.15, -0.1) is 0 Å². The van der Waals surface area contributed by atoms with Crippen LogP contribution in [-0.2, 0) is 14.8 Å². The molecule has 2 heterocycles. The third-order valence-electron chi connectivity index (χ3n) is 5.36. The summed E-state index contributed by atoms with van der Waals surface area (Å²) in [5, 5.41) is 2.89. The van der Waals surface area contributed by atoms with Gasteiger partial charge >= 0.3 is 0 Å². The van der Waals surface area contributed by atoms with Crippen LogP contribution in [0.4, 0.5) is 13.9 Å². The SMILES string of the molecule is CC(=O)c1cccc(S(=O)(=O)N2CCC(C(=O)Nc3nc4cc(F)c(F)cc4s3)CC2)c1. The first-order valence-corrected chi connectivity index (χ1v) is 12.1. The van der Waals surface area contributed by atoms with Gasteiger partial charge in [0, 0.05) is 30.6 Å². The second kappa shape index (κ2) is 8.64. The van der Waals surface area contributed by atoms with Gasteiger partial charge < -0.3 is 5.32 Å². The number of sulfonamides is 1. The van der Waals surface area contributed by atoms with Gasteiger partial charge in [0.1, 0.15) is 0 Å². The van der Waals surface area contributed by atoms with Gasteiger partial charge in [-0.2, -0.15) is 4.31 Å². The zero-order chi connectivity index (χ0) is 23.0. The Morgan fingerprint density at radius 2 is 1.81 bits per heavy atom. The molecular formula is C21H19F2N3O4S2. The lowest BCUT2D eigenvalue weighted by Crippen LogP contribution is -2.41. The maximum Gasteiger partial charge on any atom is 0.243 e. The molecular weight excluding hydrogens is 460 g/mol. The number of hydrogen-bond acceptors (Lipinski definition) is 6. The number of thiazole rings is 1. The average molecular weight is 480 g/mol. The standard InChI is InChI=1S/C21H19F2N3O4S2/c1-12(27)14-3-2-4-15(9-14)32(29,30)26-7-5-13(6-8-26)20(28)25-21-24-18-10-16(22)17(23)11-19(18)31-21/h2-4,9-11,13H,5-8H2,1H3,(H,24,25,28). The van der Waals surface area contributed by atoms with E-state index in [4.69, 9.17) is 0 Å². The molecule has 0 radical (unpaired) electrons. The molecule has 0 spiro atoms. The Morgan fingerprint density at radius 1 is 1.12 bits per heavy atom. The zero-order valence-corrected chi connectivity index (χ0v) is 18.6. The summed E-state index contributed by atoms with van der Waals surface area (Å²) >= 11 is 1.03. The number of nitrogens with zero attached hydrogens (tertiary/aromatic N) is 2. The number of hydrogen-bond donors (Lipinski definition) is 1. The van der Waals surface area contributed by atoms with Crippen molar-refractivity contribution in [2.24, 2.45) is 5.92 Å². The first-order chi connectivity index (χ1) is 15.1. The summed E-state index contributed by atoms with van der Waals surface area (Å²) in [6, 6.07) is 7.89. The minimum atomic E-state index is -3.78. The first-order valence-electron chi connectivity index (χ1n) is 9.83. The molecule has 0 bridgehead atoms. The first kappa shape index (κ1) is 22.4. The molecule has 11 heteroatoms. The maximum atomic E-state index is 13.4. The molecule has 1 fully saturated rings. The monoisotopic (exact) mass is 479 g/mol. The summed E-state index contributed by atoms with van der Waals surface area (Å²) in [5.74, 6) is -2.96. The predicted octanol–water partition coefficient (Wildman–Crippen LogP) is 3.82. The van der Waals surface area contributed by atoms with Gasteiger partial charge in [0.05, 0.1) is 15.1 Å². The molecule has 0 unspecified atom stereocenters. The third kappa shape index (κ3) is 4.41. The molecule has 0 atom stereocenters.